The lowest BCUT2D eigenvalue weighted by molar-refractivity contribution is -0.152. The van der Waals surface area contributed by atoms with Gasteiger partial charge in [-0.15, -0.1) is 0 Å². The fourth-order valence-corrected chi connectivity index (χ4v) is 1.91. The van der Waals surface area contributed by atoms with Crippen LogP contribution in [0.3, 0.4) is 0 Å². The smallest absolute Gasteiger partial charge is 0.347 e. The van der Waals surface area contributed by atoms with Crippen LogP contribution >= 0.6 is 0 Å². The summed E-state index contributed by atoms with van der Waals surface area (Å²) in [5, 5.41) is 6.33. The van der Waals surface area contributed by atoms with E-state index in [1.165, 1.54) is 6.21 Å². The third-order valence-electron chi connectivity index (χ3n) is 3.27. The third kappa shape index (κ3) is 7.04. The van der Waals surface area contributed by atoms with Crippen molar-refractivity contribution in [2.24, 2.45) is 5.16 Å². The average molecular weight is 356 g/mol. The van der Waals surface area contributed by atoms with E-state index in [-0.39, 0.29) is 19.1 Å². The van der Waals surface area contributed by atoms with Crippen molar-refractivity contribution in [3.8, 4) is 5.75 Å². The number of nitrogens with zero attached hydrogens (tertiary/aromatic N) is 1. The number of hydrogen-bond donors (Lipinski definition) is 1. The number of amides is 1. The molecule has 0 heterocycles. The summed E-state index contributed by atoms with van der Waals surface area (Å²) in [6.45, 7) is -0.365. The van der Waals surface area contributed by atoms with E-state index in [9.17, 15) is 9.59 Å². The van der Waals surface area contributed by atoms with Gasteiger partial charge in [-0.3, -0.25) is 4.79 Å². The molecule has 0 saturated carbocycles. The second-order valence-corrected chi connectivity index (χ2v) is 5.20. The van der Waals surface area contributed by atoms with Crippen LogP contribution in [0.25, 0.3) is 0 Å². The Labute approximate surface area is 151 Å². The van der Waals surface area contributed by atoms with E-state index in [4.69, 9.17) is 14.3 Å². The lowest BCUT2D eigenvalue weighted by Gasteiger charge is -2.06. The van der Waals surface area contributed by atoms with Crippen LogP contribution in [0.2, 0.25) is 0 Å². The minimum absolute atomic E-state index is 0.364. The van der Waals surface area contributed by atoms with E-state index in [1.807, 2.05) is 30.3 Å². The molecule has 0 aliphatic rings. The number of carbonyl (C=O) groups is 2. The van der Waals surface area contributed by atoms with Crippen LogP contribution in [0.4, 0.5) is 0 Å². The van der Waals surface area contributed by atoms with Gasteiger partial charge < -0.3 is 19.6 Å². The van der Waals surface area contributed by atoms with Gasteiger partial charge in [0.05, 0.1) is 13.3 Å². The number of rotatable bonds is 9. The zero-order valence-corrected chi connectivity index (χ0v) is 14.4. The zero-order chi connectivity index (χ0) is 18.6. The Morgan fingerprint density at radius 3 is 2.46 bits per heavy atom. The molecule has 2 aromatic rings. The summed E-state index contributed by atoms with van der Waals surface area (Å²) in [6, 6.07) is 16.6. The van der Waals surface area contributed by atoms with Gasteiger partial charge in [-0.2, -0.15) is 0 Å². The van der Waals surface area contributed by atoms with Crippen molar-refractivity contribution >= 4 is 18.1 Å². The van der Waals surface area contributed by atoms with Crippen molar-refractivity contribution in [1.82, 2.24) is 5.32 Å². The summed E-state index contributed by atoms with van der Waals surface area (Å²) < 4.78 is 9.85. The molecule has 0 saturated heterocycles. The summed E-state index contributed by atoms with van der Waals surface area (Å²) in [4.78, 5) is 28.0. The average Bonchev–Trinajstić information content (AvgIpc) is 2.69. The molecule has 7 heteroatoms. The maximum atomic E-state index is 11.6. The van der Waals surface area contributed by atoms with E-state index in [2.05, 4.69) is 10.5 Å². The lowest BCUT2D eigenvalue weighted by atomic mass is 10.2. The Morgan fingerprint density at radius 2 is 1.77 bits per heavy atom. The summed E-state index contributed by atoms with van der Waals surface area (Å²) >= 11 is 0. The molecule has 1 amide bonds. The Morgan fingerprint density at radius 1 is 1.04 bits per heavy atom. The number of benzene rings is 2. The molecule has 0 aliphatic heterocycles. The minimum Gasteiger partial charge on any atom is -0.497 e. The number of nitrogens with one attached hydrogen (secondary N) is 1. The molecule has 7 nitrogen and oxygen atoms in total. The molecule has 0 fully saturated rings. The van der Waals surface area contributed by atoms with Gasteiger partial charge in [0.2, 0.25) is 6.61 Å². The van der Waals surface area contributed by atoms with Crippen LogP contribution in [0.1, 0.15) is 11.1 Å². The molecule has 0 bridgehead atoms. The third-order valence-corrected chi connectivity index (χ3v) is 3.27. The molecule has 0 radical (unpaired) electrons. The van der Waals surface area contributed by atoms with E-state index < -0.39 is 5.97 Å². The number of methoxy groups -OCH3 is 1. The molecule has 2 aromatic carbocycles. The minimum atomic E-state index is -0.674. The fourth-order valence-electron chi connectivity index (χ4n) is 1.91. The fraction of sp³-hybridized carbons (Fsp3) is 0.211. The van der Waals surface area contributed by atoms with Gasteiger partial charge >= 0.3 is 5.97 Å². The number of esters is 1. The highest BCUT2D eigenvalue weighted by Gasteiger charge is 2.07. The van der Waals surface area contributed by atoms with Crippen molar-refractivity contribution in [2.45, 2.75) is 6.54 Å². The van der Waals surface area contributed by atoms with Gasteiger partial charge in [0.1, 0.15) is 5.75 Å². The molecule has 0 spiro atoms. The second-order valence-electron chi connectivity index (χ2n) is 5.20. The quantitative estimate of drug-likeness (QED) is 0.421. The number of carbonyl (C=O) groups excluding carboxylic acids is 2. The molecule has 0 aliphatic carbocycles. The molecule has 0 atom stereocenters. The van der Waals surface area contributed by atoms with Crippen molar-refractivity contribution in [3.05, 3.63) is 65.7 Å². The normalized spacial score (nSPS) is 10.3. The van der Waals surface area contributed by atoms with Crippen LogP contribution in [0, 0.1) is 0 Å². The predicted molar refractivity (Wildman–Crippen MR) is 95.8 cm³/mol. The summed E-state index contributed by atoms with van der Waals surface area (Å²) in [5.41, 5.74) is 1.75. The van der Waals surface area contributed by atoms with Crippen molar-refractivity contribution in [3.63, 3.8) is 0 Å². The standard InChI is InChI=1S/C19H20N2O5/c1-24-17-9-7-16(8-10-17)12-21-26-14-19(23)25-13-18(22)20-11-15-5-3-2-4-6-15/h2-10,12H,11,13-14H2,1H3,(H,20,22)/b21-12-. The first kappa shape index (κ1) is 19.0. The molecular formula is C19H20N2O5. The Bertz CT molecular complexity index is 729. The summed E-state index contributed by atoms with van der Waals surface area (Å²) in [6.07, 6.45) is 1.46. The molecule has 0 aromatic heterocycles. The van der Waals surface area contributed by atoms with Crippen molar-refractivity contribution < 1.29 is 23.9 Å². The number of ether oxygens (including phenoxy) is 2. The second kappa shape index (κ2) is 10.5. The predicted octanol–water partition coefficient (Wildman–Crippen LogP) is 1.91. The Hall–Kier alpha value is -3.35. The highest BCUT2D eigenvalue weighted by Crippen LogP contribution is 2.09. The van der Waals surface area contributed by atoms with Crippen LogP contribution in [0.15, 0.2) is 59.8 Å². The first-order valence-corrected chi connectivity index (χ1v) is 7.93. The van der Waals surface area contributed by atoms with Crippen molar-refractivity contribution in [2.75, 3.05) is 20.3 Å². The molecule has 2 rings (SSSR count). The molecule has 26 heavy (non-hydrogen) atoms. The molecular weight excluding hydrogens is 336 g/mol. The lowest BCUT2D eigenvalue weighted by Crippen LogP contribution is -2.29. The van der Waals surface area contributed by atoms with E-state index in [1.54, 1.807) is 31.4 Å². The topological polar surface area (TPSA) is 86.2 Å². The highest BCUT2D eigenvalue weighted by molar-refractivity contribution is 5.81. The van der Waals surface area contributed by atoms with Gasteiger partial charge in [-0.1, -0.05) is 35.5 Å². The van der Waals surface area contributed by atoms with Gasteiger partial charge in [-0.25, -0.2) is 4.79 Å². The molecule has 0 unspecified atom stereocenters. The summed E-state index contributed by atoms with van der Waals surface area (Å²) in [7, 11) is 1.58. The van der Waals surface area contributed by atoms with Gasteiger partial charge in [0.15, 0.2) is 6.61 Å². The largest absolute Gasteiger partial charge is 0.497 e. The van der Waals surface area contributed by atoms with E-state index >= 15 is 0 Å². The SMILES string of the molecule is COc1ccc(/C=N\OCC(=O)OCC(=O)NCc2ccccc2)cc1. The van der Waals surface area contributed by atoms with Crippen LogP contribution in [-0.2, 0) is 25.7 Å². The van der Waals surface area contributed by atoms with E-state index in [0.717, 1.165) is 16.9 Å². The first-order valence-electron chi connectivity index (χ1n) is 7.93. The van der Waals surface area contributed by atoms with E-state index in [0.29, 0.717) is 6.54 Å². The van der Waals surface area contributed by atoms with Crippen molar-refractivity contribution in [1.29, 1.82) is 0 Å². The van der Waals surface area contributed by atoms with Crippen LogP contribution in [-0.4, -0.2) is 38.4 Å². The Balaban J connectivity index is 1.60. The highest BCUT2D eigenvalue weighted by atomic mass is 16.7. The first-order chi connectivity index (χ1) is 12.7. The van der Waals surface area contributed by atoms with Gasteiger partial charge in [-0.05, 0) is 35.4 Å². The van der Waals surface area contributed by atoms with Gasteiger partial charge in [0.25, 0.3) is 5.91 Å². The van der Waals surface area contributed by atoms with Crippen LogP contribution in [0.5, 0.6) is 5.75 Å². The Kier molecular flexibility index (Phi) is 7.67. The maximum absolute atomic E-state index is 11.6. The molecule has 136 valence electrons. The molecule has 1 N–H and O–H groups in total. The monoisotopic (exact) mass is 356 g/mol. The summed E-state index contributed by atoms with van der Waals surface area (Å²) in [5.74, 6) is -0.326. The van der Waals surface area contributed by atoms with Gasteiger partial charge in [0, 0.05) is 6.54 Å². The number of hydrogen-bond acceptors (Lipinski definition) is 6. The zero-order valence-electron chi connectivity index (χ0n) is 14.4. The maximum Gasteiger partial charge on any atom is 0.347 e. The van der Waals surface area contributed by atoms with Crippen LogP contribution < -0.4 is 10.1 Å². The number of oxime groups is 1.